The number of thioether (sulfide) groups is 1. The van der Waals surface area contributed by atoms with E-state index in [1.54, 1.807) is 11.8 Å². The maximum absolute atomic E-state index is 13.3. The second-order valence-corrected chi connectivity index (χ2v) is 9.64. The molecular weight excluding hydrogens is 410 g/mol. The highest BCUT2D eigenvalue weighted by Gasteiger charge is 2.28. The zero-order valence-electron chi connectivity index (χ0n) is 18.4. The van der Waals surface area contributed by atoms with Gasteiger partial charge in [-0.15, -0.1) is 11.8 Å². The summed E-state index contributed by atoms with van der Waals surface area (Å²) in [7, 11) is 0. The Kier molecular flexibility index (Phi) is 7.00. The smallest absolute Gasteiger partial charge is 0.254 e. The molecule has 0 N–H and O–H groups in total. The molecule has 2 fully saturated rings. The number of hydrogen-bond donors (Lipinski definition) is 0. The van der Waals surface area contributed by atoms with Crippen molar-refractivity contribution in [2.24, 2.45) is 5.92 Å². The molecular formula is C24H31N3O3S. The predicted octanol–water partition coefficient (Wildman–Crippen LogP) is 4.45. The minimum absolute atomic E-state index is 0.106. The highest BCUT2D eigenvalue weighted by molar-refractivity contribution is 7.98. The van der Waals surface area contributed by atoms with Crippen LogP contribution in [0.3, 0.4) is 0 Å². The highest BCUT2D eigenvalue weighted by atomic mass is 32.2. The summed E-state index contributed by atoms with van der Waals surface area (Å²) in [5.41, 5.74) is 2.77. The van der Waals surface area contributed by atoms with E-state index < -0.39 is 0 Å². The second-order valence-electron chi connectivity index (χ2n) is 8.62. The zero-order chi connectivity index (χ0) is 21.8. The monoisotopic (exact) mass is 441 g/mol. The summed E-state index contributed by atoms with van der Waals surface area (Å²) in [6, 6.07) is 7.86. The lowest BCUT2D eigenvalue weighted by Crippen LogP contribution is -2.44. The third-order valence-electron chi connectivity index (χ3n) is 6.47. The molecule has 4 rings (SSSR count). The van der Waals surface area contributed by atoms with E-state index in [1.807, 2.05) is 47.9 Å². The minimum atomic E-state index is 0.106. The molecule has 2 aromatic rings. The molecule has 0 saturated carbocycles. The summed E-state index contributed by atoms with van der Waals surface area (Å²) in [6.45, 7) is 7.14. The van der Waals surface area contributed by atoms with Crippen LogP contribution in [-0.4, -0.2) is 52.9 Å². The van der Waals surface area contributed by atoms with Gasteiger partial charge >= 0.3 is 0 Å². The molecule has 3 heterocycles. The fourth-order valence-corrected chi connectivity index (χ4v) is 5.68. The lowest BCUT2D eigenvalue weighted by atomic mass is 9.94. The molecule has 0 radical (unpaired) electrons. The summed E-state index contributed by atoms with van der Waals surface area (Å²) >= 11 is 1.66. The largest absolute Gasteiger partial charge is 0.361 e. The Morgan fingerprint density at radius 1 is 1.16 bits per heavy atom. The molecule has 0 bridgehead atoms. The molecule has 166 valence electrons. The molecule has 0 unspecified atom stereocenters. The molecule has 6 nitrogen and oxygen atoms in total. The highest BCUT2D eigenvalue weighted by Crippen LogP contribution is 2.30. The molecule has 2 aliphatic heterocycles. The van der Waals surface area contributed by atoms with Gasteiger partial charge in [-0.25, -0.2) is 0 Å². The van der Waals surface area contributed by atoms with Crippen LogP contribution in [0.4, 0.5) is 0 Å². The first-order valence-electron chi connectivity index (χ1n) is 11.2. The number of benzene rings is 1. The number of carbonyl (C=O) groups is 2. The second kappa shape index (κ2) is 9.90. The van der Waals surface area contributed by atoms with E-state index in [0.29, 0.717) is 18.2 Å². The lowest BCUT2D eigenvalue weighted by molar-refractivity contribution is -0.134. The standard InChI is InChI=1S/C24H31N3O3S/c1-17-21(18(2)30-25-17)16-31-22-8-4-3-7-20(22)24(29)26-13-10-19(11-14-26)15-27-12-6-5-9-23(27)28/h3-4,7-8,19H,5-6,9-16H2,1-2H3. The molecule has 1 aromatic heterocycles. The Hall–Kier alpha value is -2.28. The van der Waals surface area contributed by atoms with E-state index in [1.165, 1.54) is 0 Å². The van der Waals surface area contributed by atoms with E-state index in [2.05, 4.69) is 5.16 Å². The first-order valence-corrected chi connectivity index (χ1v) is 12.2. The van der Waals surface area contributed by atoms with Gasteiger partial charge in [-0.2, -0.15) is 0 Å². The lowest BCUT2D eigenvalue weighted by Gasteiger charge is -2.36. The van der Waals surface area contributed by atoms with Crippen molar-refractivity contribution in [3.63, 3.8) is 0 Å². The fraction of sp³-hybridized carbons (Fsp3) is 0.542. The molecule has 0 spiro atoms. The third-order valence-corrected chi connectivity index (χ3v) is 7.57. The quantitative estimate of drug-likeness (QED) is 0.620. The van der Waals surface area contributed by atoms with Crippen LogP contribution in [0.15, 0.2) is 33.7 Å². The Morgan fingerprint density at radius 2 is 1.94 bits per heavy atom. The van der Waals surface area contributed by atoms with Crippen LogP contribution in [-0.2, 0) is 10.5 Å². The van der Waals surface area contributed by atoms with E-state index in [0.717, 1.165) is 85.1 Å². The number of rotatable bonds is 6. The molecule has 7 heteroatoms. The van der Waals surface area contributed by atoms with Crippen LogP contribution in [0.25, 0.3) is 0 Å². The van der Waals surface area contributed by atoms with E-state index >= 15 is 0 Å². The van der Waals surface area contributed by atoms with Gasteiger partial charge in [0.15, 0.2) is 0 Å². The molecule has 2 amide bonds. The van der Waals surface area contributed by atoms with Gasteiger partial charge in [0.2, 0.25) is 5.91 Å². The minimum Gasteiger partial charge on any atom is -0.361 e. The summed E-state index contributed by atoms with van der Waals surface area (Å²) < 4.78 is 5.26. The van der Waals surface area contributed by atoms with E-state index in [-0.39, 0.29) is 5.91 Å². The Morgan fingerprint density at radius 3 is 2.65 bits per heavy atom. The van der Waals surface area contributed by atoms with Crippen molar-refractivity contribution in [3.8, 4) is 0 Å². The molecule has 2 aliphatic rings. The topological polar surface area (TPSA) is 66.7 Å². The van der Waals surface area contributed by atoms with Crippen molar-refractivity contribution >= 4 is 23.6 Å². The van der Waals surface area contributed by atoms with Crippen molar-refractivity contribution in [3.05, 3.63) is 46.8 Å². The first kappa shape index (κ1) is 21.9. The van der Waals surface area contributed by atoms with Crippen molar-refractivity contribution in [1.82, 2.24) is 15.0 Å². The van der Waals surface area contributed by atoms with Gasteiger partial charge in [-0.05, 0) is 57.6 Å². The van der Waals surface area contributed by atoms with E-state index in [4.69, 9.17) is 4.52 Å². The molecule has 31 heavy (non-hydrogen) atoms. The number of aromatic nitrogens is 1. The van der Waals surface area contributed by atoms with Gasteiger partial charge in [0.05, 0.1) is 11.3 Å². The Bertz CT molecular complexity index is 914. The summed E-state index contributed by atoms with van der Waals surface area (Å²) in [6.07, 6.45) is 4.76. The fourth-order valence-electron chi connectivity index (χ4n) is 4.48. The van der Waals surface area contributed by atoms with Gasteiger partial charge < -0.3 is 14.3 Å². The normalized spacial score (nSPS) is 17.9. The van der Waals surface area contributed by atoms with Gasteiger partial charge in [0, 0.05) is 48.8 Å². The van der Waals surface area contributed by atoms with Crippen molar-refractivity contribution in [2.75, 3.05) is 26.2 Å². The molecule has 0 aliphatic carbocycles. The first-order chi connectivity index (χ1) is 15.0. The number of piperidine rings is 2. The number of amides is 2. The molecule has 2 saturated heterocycles. The van der Waals surface area contributed by atoms with Crippen LogP contribution in [0.5, 0.6) is 0 Å². The Balaban J connectivity index is 1.35. The van der Waals surface area contributed by atoms with Gasteiger partial charge in [-0.3, -0.25) is 9.59 Å². The van der Waals surface area contributed by atoms with Crippen LogP contribution >= 0.6 is 11.8 Å². The molecule has 1 aromatic carbocycles. The zero-order valence-corrected chi connectivity index (χ0v) is 19.2. The Labute approximate surface area is 188 Å². The van der Waals surface area contributed by atoms with Crippen LogP contribution < -0.4 is 0 Å². The average Bonchev–Trinajstić information content (AvgIpc) is 3.11. The number of likely N-dealkylation sites (tertiary alicyclic amines) is 2. The third kappa shape index (κ3) is 5.14. The predicted molar refractivity (Wildman–Crippen MR) is 121 cm³/mol. The van der Waals surface area contributed by atoms with Crippen molar-refractivity contribution in [2.45, 2.75) is 56.6 Å². The number of nitrogens with zero attached hydrogens (tertiary/aromatic N) is 3. The summed E-state index contributed by atoms with van der Waals surface area (Å²) in [5.74, 6) is 2.47. The van der Waals surface area contributed by atoms with Gasteiger partial charge in [0.25, 0.3) is 5.91 Å². The number of hydrogen-bond acceptors (Lipinski definition) is 5. The van der Waals surface area contributed by atoms with Gasteiger partial charge in [0.1, 0.15) is 5.76 Å². The van der Waals surface area contributed by atoms with Crippen LogP contribution in [0.2, 0.25) is 0 Å². The van der Waals surface area contributed by atoms with E-state index in [9.17, 15) is 9.59 Å². The average molecular weight is 442 g/mol. The molecule has 0 atom stereocenters. The number of carbonyl (C=O) groups excluding carboxylic acids is 2. The maximum atomic E-state index is 13.3. The number of aryl methyl sites for hydroxylation is 2. The van der Waals surface area contributed by atoms with Crippen molar-refractivity contribution < 1.29 is 14.1 Å². The van der Waals surface area contributed by atoms with Crippen LogP contribution in [0, 0.1) is 19.8 Å². The maximum Gasteiger partial charge on any atom is 0.254 e. The summed E-state index contributed by atoms with van der Waals surface area (Å²) in [5, 5.41) is 4.02. The van der Waals surface area contributed by atoms with Gasteiger partial charge in [-0.1, -0.05) is 17.3 Å². The summed E-state index contributed by atoms with van der Waals surface area (Å²) in [4.78, 5) is 30.4. The van der Waals surface area contributed by atoms with Crippen molar-refractivity contribution in [1.29, 1.82) is 0 Å². The van der Waals surface area contributed by atoms with Crippen LogP contribution in [0.1, 0.15) is 59.5 Å². The SMILES string of the molecule is Cc1noc(C)c1CSc1ccccc1C(=O)N1CCC(CN2CCCCC2=O)CC1.